The van der Waals surface area contributed by atoms with Gasteiger partial charge in [0.1, 0.15) is 11.0 Å². The maximum absolute atomic E-state index is 13.7. The molecule has 0 saturated carbocycles. The molecule has 0 aliphatic rings. The summed E-state index contributed by atoms with van der Waals surface area (Å²) < 4.78 is 13.7. The van der Waals surface area contributed by atoms with Crippen LogP contribution in [0.1, 0.15) is 11.1 Å². The van der Waals surface area contributed by atoms with Crippen molar-refractivity contribution in [2.24, 2.45) is 0 Å². The molecule has 0 aliphatic heterocycles. The first-order valence-corrected chi connectivity index (χ1v) is 6.38. The van der Waals surface area contributed by atoms with Gasteiger partial charge in [-0.15, -0.1) is 0 Å². The van der Waals surface area contributed by atoms with Crippen LogP contribution in [0.5, 0.6) is 0 Å². The van der Waals surface area contributed by atoms with Crippen LogP contribution in [0.15, 0.2) is 35.6 Å². The number of rotatable bonds is 3. The molecule has 0 aliphatic carbocycles. The highest BCUT2D eigenvalue weighted by atomic mass is 35.5. The minimum absolute atomic E-state index is 0.165. The zero-order valence-electron chi connectivity index (χ0n) is 9.15. The van der Waals surface area contributed by atoms with E-state index in [9.17, 15) is 4.39 Å². The lowest BCUT2D eigenvalue weighted by Gasteiger charge is -2.04. The number of aromatic nitrogens is 2. The Bertz CT molecular complexity index is 534. The summed E-state index contributed by atoms with van der Waals surface area (Å²) in [6.07, 6.45) is 1.59. The van der Waals surface area contributed by atoms with Gasteiger partial charge >= 0.3 is 0 Å². The van der Waals surface area contributed by atoms with Gasteiger partial charge in [-0.2, -0.15) is 0 Å². The fourth-order valence-corrected chi connectivity index (χ4v) is 2.34. The standard InChI is InChI=1S/C12H10ClFN2S/c1-8-3-2-4-9(11(8)14)7-17-12-15-6-5-10(13)16-12/h2-6H,7H2,1H3. The molecule has 1 heterocycles. The van der Waals surface area contributed by atoms with Crippen LogP contribution in [0.2, 0.25) is 5.15 Å². The molecule has 0 atom stereocenters. The normalized spacial score (nSPS) is 10.5. The zero-order chi connectivity index (χ0) is 12.3. The topological polar surface area (TPSA) is 25.8 Å². The second kappa shape index (κ2) is 5.47. The molecule has 1 aromatic heterocycles. The Morgan fingerprint density at radius 2 is 2.18 bits per heavy atom. The Labute approximate surface area is 108 Å². The second-order valence-electron chi connectivity index (χ2n) is 3.50. The summed E-state index contributed by atoms with van der Waals surface area (Å²) in [7, 11) is 0. The maximum atomic E-state index is 13.7. The maximum Gasteiger partial charge on any atom is 0.189 e. The smallest absolute Gasteiger partial charge is 0.189 e. The third-order valence-corrected chi connectivity index (χ3v) is 3.35. The molecule has 2 rings (SSSR count). The van der Waals surface area contributed by atoms with E-state index in [2.05, 4.69) is 9.97 Å². The van der Waals surface area contributed by atoms with Gasteiger partial charge in [0, 0.05) is 11.9 Å². The third kappa shape index (κ3) is 3.17. The van der Waals surface area contributed by atoms with Crippen LogP contribution in [-0.4, -0.2) is 9.97 Å². The monoisotopic (exact) mass is 268 g/mol. The van der Waals surface area contributed by atoms with E-state index in [4.69, 9.17) is 11.6 Å². The Morgan fingerprint density at radius 3 is 2.94 bits per heavy atom. The lowest BCUT2D eigenvalue weighted by molar-refractivity contribution is 0.608. The summed E-state index contributed by atoms with van der Waals surface area (Å²) in [4.78, 5) is 8.09. The Hall–Kier alpha value is -1.13. The van der Waals surface area contributed by atoms with E-state index in [-0.39, 0.29) is 5.82 Å². The van der Waals surface area contributed by atoms with Crippen molar-refractivity contribution in [3.05, 3.63) is 52.6 Å². The fraction of sp³-hybridized carbons (Fsp3) is 0.167. The highest BCUT2D eigenvalue weighted by molar-refractivity contribution is 7.98. The van der Waals surface area contributed by atoms with Crippen LogP contribution in [-0.2, 0) is 5.75 Å². The van der Waals surface area contributed by atoms with E-state index in [0.717, 1.165) is 0 Å². The highest BCUT2D eigenvalue weighted by Crippen LogP contribution is 2.22. The number of nitrogens with zero attached hydrogens (tertiary/aromatic N) is 2. The van der Waals surface area contributed by atoms with Crippen LogP contribution in [0.3, 0.4) is 0 Å². The molecule has 0 bridgehead atoms. The first-order valence-electron chi connectivity index (χ1n) is 5.02. The minimum Gasteiger partial charge on any atom is -0.231 e. The predicted octanol–water partition coefficient (Wildman–Crippen LogP) is 3.87. The van der Waals surface area contributed by atoms with Crippen LogP contribution in [0, 0.1) is 12.7 Å². The molecule has 17 heavy (non-hydrogen) atoms. The number of hydrogen-bond donors (Lipinski definition) is 0. The molecule has 88 valence electrons. The molecule has 0 unspecified atom stereocenters. The second-order valence-corrected chi connectivity index (χ2v) is 4.83. The highest BCUT2D eigenvalue weighted by Gasteiger charge is 2.06. The molecule has 5 heteroatoms. The zero-order valence-corrected chi connectivity index (χ0v) is 10.7. The average molecular weight is 269 g/mol. The minimum atomic E-state index is -0.165. The van der Waals surface area contributed by atoms with Crippen LogP contribution in [0.25, 0.3) is 0 Å². The van der Waals surface area contributed by atoms with Crippen molar-refractivity contribution in [2.75, 3.05) is 0 Å². The average Bonchev–Trinajstić information content (AvgIpc) is 2.31. The van der Waals surface area contributed by atoms with Gasteiger partial charge in [0.15, 0.2) is 5.16 Å². The molecule has 0 radical (unpaired) electrons. The molecule has 1 aromatic carbocycles. The quantitative estimate of drug-likeness (QED) is 0.480. The number of thioether (sulfide) groups is 1. The molecule has 2 aromatic rings. The van der Waals surface area contributed by atoms with E-state index in [0.29, 0.717) is 27.2 Å². The van der Waals surface area contributed by atoms with Gasteiger partial charge in [-0.3, -0.25) is 0 Å². The van der Waals surface area contributed by atoms with Gasteiger partial charge in [-0.25, -0.2) is 14.4 Å². The van der Waals surface area contributed by atoms with Gasteiger partial charge in [0.25, 0.3) is 0 Å². The number of halogens is 2. The van der Waals surface area contributed by atoms with Gasteiger partial charge in [-0.1, -0.05) is 41.6 Å². The van der Waals surface area contributed by atoms with Crippen molar-refractivity contribution >= 4 is 23.4 Å². The molecular weight excluding hydrogens is 259 g/mol. The first kappa shape index (κ1) is 12.3. The van der Waals surface area contributed by atoms with Crippen LogP contribution >= 0.6 is 23.4 Å². The predicted molar refractivity (Wildman–Crippen MR) is 67.7 cm³/mol. The fourth-order valence-electron chi connectivity index (χ4n) is 1.35. The number of aryl methyl sites for hydroxylation is 1. The molecule has 0 saturated heterocycles. The van der Waals surface area contributed by atoms with Gasteiger partial charge in [0.05, 0.1) is 0 Å². The van der Waals surface area contributed by atoms with Crippen molar-refractivity contribution in [3.8, 4) is 0 Å². The summed E-state index contributed by atoms with van der Waals surface area (Å²) in [6.45, 7) is 1.75. The van der Waals surface area contributed by atoms with Gasteiger partial charge in [-0.05, 0) is 24.1 Å². The number of benzene rings is 1. The molecule has 0 amide bonds. The summed E-state index contributed by atoms with van der Waals surface area (Å²) >= 11 is 7.11. The molecule has 2 nitrogen and oxygen atoms in total. The van der Waals surface area contributed by atoms with E-state index in [1.165, 1.54) is 11.8 Å². The van der Waals surface area contributed by atoms with Crippen molar-refractivity contribution in [1.82, 2.24) is 9.97 Å². The first-order chi connectivity index (χ1) is 8.16. The molecule has 0 fully saturated rings. The molecule has 0 N–H and O–H groups in total. The molecule has 0 spiro atoms. The molecular formula is C12H10ClFN2S. The number of hydrogen-bond acceptors (Lipinski definition) is 3. The van der Waals surface area contributed by atoms with Crippen molar-refractivity contribution in [2.45, 2.75) is 17.8 Å². The Kier molecular flexibility index (Phi) is 3.97. The summed E-state index contributed by atoms with van der Waals surface area (Å²) in [5, 5.41) is 0.950. The summed E-state index contributed by atoms with van der Waals surface area (Å²) in [6, 6.07) is 6.96. The van der Waals surface area contributed by atoms with Gasteiger partial charge in [0.2, 0.25) is 0 Å². The van der Waals surface area contributed by atoms with E-state index in [1.54, 1.807) is 31.3 Å². The van der Waals surface area contributed by atoms with Gasteiger partial charge < -0.3 is 0 Å². The van der Waals surface area contributed by atoms with Crippen LogP contribution < -0.4 is 0 Å². The Morgan fingerprint density at radius 1 is 1.35 bits per heavy atom. The van der Waals surface area contributed by atoms with Crippen molar-refractivity contribution in [1.29, 1.82) is 0 Å². The Balaban J connectivity index is 2.10. The lowest BCUT2D eigenvalue weighted by atomic mass is 10.1. The third-order valence-electron chi connectivity index (χ3n) is 2.23. The largest absolute Gasteiger partial charge is 0.231 e. The summed E-state index contributed by atoms with van der Waals surface area (Å²) in [5.74, 6) is 0.329. The SMILES string of the molecule is Cc1cccc(CSc2nccc(Cl)n2)c1F. The summed E-state index contributed by atoms with van der Waals surface area (Å²) in [5.41, 5.74) is 1.30. The van der Waals surface area contributed by atoms with E-state index >= 15 is 0 Å². The van der Waals surface area contributed by atoms with Crippen molar-refractivity contribution < 1.29 is 4.39 Å². The van der Waals surface area contributed by atoms with Crippen LogP contribution in [0.4, 0.5) is 4.39 Å². The van der Waals surface area contributed by atoms with Crippen molar-refractivity contribution in [3.63, 3.8) is 0 Å². The van der Waals surface area contributed by atoms with E-state index < -0.39 is 0 Å². The lowest BCUT2D eigenvalue weighted by Crippen LogP contribution is -1.92. The van der Waals surface area contributed by atoms with E-state index in [1.807, 2.05) is 6.07 Å².